The molecular weight excluding hydrogens is 433 g/mol. The Morgan fingerprint density at radius 3 is 2.62 bits per heavy atom. The van der Waals surface area contributed by atoms with Crippen molar-refractivity contribution in [2.45, 2.75) is 37.3 Å². The van der Waals surface area contributed by atoms with E-state index in [2.05, 4.69) is 15.0 Å². The van der Waals surface area contributed by atoms with Crippen molar-refractivity contribution in [2.24, 2.45) is 0 Å². The van der Waals surface area contributed by atoms with Gasteiger partial charge in [-0.25, -0.2) is 9.78 Å². The summed E-state index contributed by atoms with van der Waals surface area (Å²) >= 11 is 0. The molecule has 2 atom stereocenters. The molecule has 2 saturated heterocycles. The van der Waals surface area contributed by atoms with Gasteiger partial charge in [0.15, 0.2) is 0 Å². The van der Waals surface area contributed by atoms with Gasteiger partial charge in [0, 0.05) is 37.8 Å². The number of halogens is 3. The zero-order valence-electron chi connectivity index (χ0n) is 16.9. The summed E-state index contributed by atoms with van der Waals surface area (Å²) < 4.78 is 43.7. The van der Waals surface area contributed by atoms with E-state index in [9.17, 15) is 18.0 Å². The van der Waals surface area contributed by atoms with E-state index < -0.39 is 12.1 Å². The van der Waals surface area contributed by atoms with Crippen LogP contribution in [0.3, 0.4) is 0 Å². The van der Waals surface area contributed by atoms with E-state index in [1.54, 1.807) is 17.3 Å². The highest BCUT2D eigenvalue weighted by atomic mass is 19.4. The van der Waals surface area contributed by atoms with Gasteiger partial charge >= 0.3 is 12.1 Å². The zero-order valence-corrected chi connectivity index (χ0v) is 16.9. The van der Waals surface area contributed by atoms with Crippen molar-refractivity contribution in [1.82, 2.24) is 19.9 Å². The van der Waals surface area contributed by atoms with E-state index >= 15 is 0 Å². The third-order valence-corrected chi connectivity index (χ3v) is 5.01. The van der Waals surface area contributed by atoms with Crippen LogP contribution in [0.5, 0.6) is 0 Å². The Balaban J connectivity index is 0.000000360. The van der Waals surface area contributed by atoms with Crippen molar-refractivity contribution in [2.75, 3.05) is 19.7 Å². The van der Waals surface area contributed by atoms with Gasteiger partial charge in [-0.1, -0.05) is 6.07 Å². The third kappa shape index (κ3) is 6.20. The maximum absolute atomic E-state index is 12.5. The normalized spacial score (nSPS) is 22.5. The van der Waals surface area contributed by atoms with E-state index in [4.69, 9.17) is 19.4 Å². The van der Waals surface area contributed by atoms with Crippen LogP contribution in [0.25, 0.3) is 0 Å². The molecule has 4 heterocycles. The SMILES string of the molecule is O=C(O)C(F)(F)F.O=C(c1cnccn1)N1CCC2(CC(OCc3cccnc3)CO2)C1. The molecule has 2 aliphatic rings. The molecule has 2 unspecified atom stereocenters. The molecule has 4 rings (SSSR count). The first-order valence-corrected chi connectivity index (χ1v) is 9.68. The standard InChI is InChI=1S/C18H20N4O3.C2HF3O2/c23-17(16-10-20-5-6-21-16)22-7-3-18(13-22)8-15(12-25-18)24-11-14-2-1-4-19-9-14;3-2(4,5)1(6)7/h1-2,4-6,9-10,15H,3,7-8,11-13H2;(H,6,7). The number of nitrogens with zero attached hydrogens (tertiary/aromatic N) is 4. The molecule has 2 aromatic rings. The molecule has 9 nitrogen and oxygen atoms in total. The Morgan fingerprint density at radius 2 is 2.00 bits per heavy atom. The van der Waals surface area contributed by atoms with Gasteiger partial charge in [-0.05, 0) is 18.1 Å². The predicted molar refractivity (Wildman–Crippen MR) is 102 cm³/mol. The number of alkyl halides is 3. The minimum Gasteiger partial charge on any atom is -0.475 e. The Labute approximate surface area is 181 Å². The first kappa shape index (κ1) is 23.5. The summed E-state index contributed by atoms with van der Waals surface area (Å²) in [6.45, 7) is 2.34. The van der Waals surface area contributed by atoms with E-state index in [1.165, 1.54) is 12.4 Å². The molecule has 0 aromatic carbocycles. The second kappa shape index (κ2) is 10.0. The van der Waals surface area contributed by atoms with Crippen LogP contribution < -0.4 is 0 Å². The summed E-state index contributed by atoms with van der Waals surface area (Å²) in [6, 6.07) is 3.90. The molecular formula is C20H21F3N4O5. The second-order valence-corrected chi connectivity index (χ2v) is 7.36. The van der Waals surface area contributed by atoms with Crippen LogP contribution in [-0.2, 0) is 20.9 Å². The van der Waals surface area contributed by atoms with Crippen molar-refractivity contribution < 1.29 is 37.3 Å². The molecule has 0 saturated carbocycles. The highest BCUT2D eigenvalue weighted by Gasteiger charge is 2.47. The van der Waals surface area contributed by atoms with Gasteiger partial charge in [0.2, 0.25) is 0 Å². The summed E-state index contributed by atoms with van der Waals surface area (Å²) in [5.41, 5.74) is 1.13. The number of aromatic nitrogens is 3. The highest BCUT2D eigenvalue weighted by Crippen LogP contribution is 2.36. The molecule has 1 N–H and O–H groups in total. The van der Waals surface area contributed by atoms with Gasteiger partial charge in [-0.15, -0.1) is 0 Å². The van der Waals surface area contributed by atoms with Gasteiger partial charge in [0.25, 0.3) is 5.91 Å². The third-order valence-electron chi connectivity index (χ3n) is 5.01. The molecule has 0 bridgehead atoms. The second-order valence-electron chi connectivity index (χ2n) is 7.36. The van der Waals surface area contributed by atoms with E-state index in [1.807, 2.05) is 18.3 Å². The first-order valence-electron chi connectivity index (χ1n) is 9.68. The summed E-state index contributed by atoms with van der Waals surface area (Å²) in [4.78, 5) is 35.4. The Kier molecular flexibility index (Phi) is 7.36. The van der Waals surface area contributed by atoms with Crippen LogP contribution in [0.4, 0.5) is 13.2 Å². The number of carboxylic acid groups (broad SMARTS) is 1. The fraction of sp³-hybridized carbons (Fsp3) is 0.450. The molecule has 2 fully saturated rings. The number of aliphatic carboxylic acids is 1. The lowest BCUT2D eigenvalue weighted by atomic mass is 9.98. The number of carboxylic acids is 1. The molecule has 0 radical (unpaired) electrons. The monoisotopic (exact) mass is 454 g/mol. The Bertz CT molecular complexity index is 916. The fourth-order valence-electron chi connectivity index (χ4n) is 3.48. The van der Waals surface area contributed by atoms with Crippen molar-refractivity contribution >= 4 is 11.9 Å². The van der Waals surface area contributed by atoms with Gasteiger partial charge < -0.3 is 19.5 Å². The molecule has 32 heavy (non-hydrogen) atoms. The number of rotatable bonds is 4. The van der Waals surface area contributed by atoms with Gasteiger partial charge in [0.1, 0.15) is 5.69 Å². The summed E-state index contributed by atoms with van der Waals surface area (Å²) in [5.74, 6) is -2.85. The van der Waals surface area contributed by atoms with Crippen molar-refractivity contribution in [3.8, 4) is 0 Å². The summed E-state index contributed by atoms with van der Waals surface area (Å²) in [7, 11) is 0. The number of carbonyl (C=O) groups excluding carboxylic acids is 1. The Hall–Kier alpha value is -3.12. The van der Waals surface area contributed by atoms with E-state index in [0.717, 1.165) is 18.4 Å². The number of amides is 1. The van der Waals surface area contributed by atoms with Crippen LogP contribution in [0.1, 0.15) is 28.9 Å². The molecule has 2 aromatic heterocycles. The quantitative estimate of drug-likeness (QED) is 0.747. The smallest absolute Gasteiger partial charge is 0.475 e. The summed E-state index contributed by atoms with van der Waals surface area (Å²) in [6.07, 6.45) is 4.75. The topological polar surface area (TPSA) is 115 Å². The minimum atomic E-state index is -5.08. The number of hydrogen-bond acceptors (Lipinski definition) is 7. The largest absolute Gasteiger partial charge is 0.490 e. The molecule has 172 valence electrons. The van der Waals surface area contributed by atoms with Gasteiger partial charge in [-0.3, -0.25) is 14.8 Å². The van der Waals surface area contributed by atoms with E-state index in [-0.39, 0.29) is 17.6 Å². The lowest BCUT2D eigenvalue weighted by molar-refractivity contribution is -0.192. The van der Waals surface area contributed by atoms with Crippen LogP contribution in [0, 0.1) is 0 Å². The summed E-state index contributed by atoms with van der Waals surface area (Å²) in [5, 5.41) is 7.12. The molecule has 0 aliphatic carbocycles. The number of likely N-dealkylation sites (tertiary alicyclic amines) is 1. The molecule has 12 heteroatoms. The first-order chi connectivity index (χ1) is 15.2. The van der Waals surface area contributed by atoms with Gasteiger partial charge in [0.05, 0.1) is 37.7 Å². The van der Waals surface area contributed by atoms with Crippen LogP contribution in [0.2, 0.25) is 0 Å². The lowest BCUT2D eigenvalue weighted by Gasteiger charge is -2.23. The maximum atomic E-state index is 12.5. The molecule has 2 aliphatic heterocycles. The van der Waals surface area contributed by atoms with Crippen LogP contribution in [0.15, 0.2) is 43.1 Å². The van der Waals surface area contributed by atoms with Crippen LogP contribution in [-0.4, -0.2) is 74.4 Å². The predicted octanol–water partition coefficient (Wildman–Crippen LogP) is 2.10. The number of hydrogen-bond donors (Lipinski definition) is 1. The highest BCUT2D eigenvalue weighted by molar-refractivity contribution is 5.92. The van der Waals surface area contributed by atoms with Gasteiger partial charge in [-0.2, -0.15) is 13.2 Å². The van der Waals surface area contributed by atoms with Crippen molar-refractivity contribution in [1.29, 1.82) is 0 Å². The van der Waals surface area contributed by atoms with E-state index in [0.29, 0.717) is 32.0 Å². The van der Waals surface area contributed by atoms with Crippen LogP contribution >= 0.6 is 0 Å². The maximum Gasteiger partial charge on any atom is 0.490 e. The minimum absolute atomic E-state index is 0.0479. The molecule has 1 spiro atoms. The molecule has 1 amide bonds. The average Bonchev–Trinajstić information content (AvgIpc) is 3.39. The number of pyridine rings is 1. The average molecular weight is 454 g/mol. The van der Waals surface area contributed by atoms with Crippen molar-refractivity contribution in [3.05, 3.63) is 54.4 Å². The van der Waals surface area contributed by atoms with Crippen molar-refractivity contribution in [3.63, 3.8) is 0 Å². The Morgan fingerprint density at radius 1 is 1.25 bits per heavy atom. The number of carbonyl (C=O) groups is 2. The fourth-order valence-corrected chi connectivity index (χ4v) is 3.48. The zero-order chi connectivity index (χ0) is 23.2. The number of ether oxygens (including phenoxy) is 2. The lowest BCUT2D eigenvalue weighted by Crippen LogP contribution is -2.36.